The Morgan fingerprint density at radius 3 is 2.07 bits per heavy atom. The summed E-state index contributed by atoms with van der Waals surface area (Å²) in [6, 6.07) is 0. The van der Waals surface area contributed by atoms with Gasteiger partial charge in [0.15, 0.2) is 0 Å². The van der Waals surface area contributed by atoms with Gasteiger partial charge in [-0.25, -0.2) is 0 Å². The van der Waals surface area contributed by atoms with Crippen molar-refractivity contribution in [3.05, 3.63) is 0 Å². The zero-order valence-electron chi connectivity index (χ0n) is 8.69. The van der Waals surface area contributed by atoms with E-state index in [0.29, 0.717) is 12.3 Å². The molecular weight excluding hydrogens is 189 g/mol. The van der Waals surface area contributed by atoms with E-state index in [-0.39, 0.29) is 11.8 Å². The third-order valence-corrected chi connectivity index (χ3v) is 4.45. The highest BCUT2D eigenvalue weighted by atomic mass is 19.4. The molecule has 0 aliphatic heterocycles. The number of alkyl halides is 3. The smallest absolute Gasteiger partial charge is 0.170 e. The van der Waals surface area contributed by atoms with Gasteiger partial charge in [0, 0.05) is 0 Å². The van der Waals surface area contributed by atoms with Crippen LogP contribution in [0.5, 0.6) is 0 Å². The Balaban J connectivity index is 2.34. The molecule has 0 saturated heterocycles. The molecule has 0 spiro atoms. The van der Waals surface area contributed by atoms with Crippen LogP contribution < -0.4 is 0 Å². The van der Waals surface area contributed by atoms with Crippen molar-refractivity contribution >= 4 is 0 Å². The van der Waals surface area contributed by atoms with E-state index in [1.54, 1.807) is 13.8 Å². The fraction of sp³-hybridized carbons (Fsp3) is 1.00. The summed E-state index contributed by atoms with van der Waals surface area (Å²) < 4.78 is 39.4. The van der Waals surface area contributed by atoms with Gasteiger partial charge in [0.1, 0.15) is 0 Å². The summed E-state index contributed by atoms with van der Waals surface area (Å²) in [5.41, 5.74) is -1.35. The van der Waals surface area contributed by atoms with Gasteiger partial charge in [-0.2, -0.15) is 13.2 Å². The Bertz CT molecular complexity index is 231. The summed E-state index contributed by atoms with van der Waals surface area (Å²) in [6.45, 7) is 3.46. The number of halogens is 3. The highest BCUT2D eigenvalue weighted by Crippen LogP contribution is 2.65. The molecule has 14 heavy (non-hydrogen) atoms. The third-order valence-electron chi connectivity index (χ3n) is 4.45. The lowest BCUT2D eigenvalue weighted by molar-refractivity contribution is -0.257. The monoisotopic (exact) mass is 206 g/mol. The average molecular weight is 206 g/mol. The molecule has 0 aromatic carbocycles. The second-order valence-corrected chi connectivity index (χ2v) is 5.27. The van der Waals surface area contributed by atoms with Crippen LogP contribution in [0.2, 0.25) is 0 Å². The van der Waals surface area contributed by atoms with E-state index in [1.165, 1.54) is 0 Å². The number of hydrogen-bond acceptors (Lipinski definition) is 0. The van der Waals surface area contributed by atoms with E-state index in [4.69, 9.17) is 0 Å². The number of fused-ring (bicyclic) bond motifs is 2. The molecule has 0 amide bonds. The molecule has 2 aliphatic rings. The van der Waals surface area contributed by atoms with Gasteiger partial charge in [0.25, 0.3) is 0 Å². The molecule has 3 atom stereocenters. The molecule has 2 aliphatic carbocycles. The van der Waals surface area contributed by atoms with E-state index >= 15 is 0 Å². The van der Waals surface area contributed by atoms with Crippen LogP contribution in [-0.4, -0.2) is 6.18 Å². The van der Waals surface area contributed by atoms with Crippen molar-refractivity contribution in [1.29, 1.82) is 0 Å². The molecule has 82 valence electrons. The lowest BCUT2D eigenvalue weighted by Gasteiger charge is -2.42. The minimum atomic E-state index is -4.00. The Labute approximate surface area is 82.9 Å². The summed E-state index contributed by atoms with van der Waals surface area (Å²) in [6.07, 6.45) is -0.977. The molecule has 0 aromatic rings. The molecule has 2 fully saturated rings. The van der Waals surface area contributed by atoms with Gasteiger partial charge in [-0.15, -0.1) is 0 Å². The first-order chi connectivity index (χ1) is 6.38. The van der Waals surface area contributed by atoms with Crippen LogP contribution in [0.25, 0.3) is 0 Å². The summed E-state index contributed by atoms with van der Waals surface area (Å²) in [7, 11) is 0. The Morgan fingerprint density at radius 1 is 1.21 bits per heavy atom. The van der Waals surface area contributed by atoms with Crippen LogP contribution in [0, 0.1) is 23.2 Å². The van der Waals surface area contributed by atoms with Crippen molar-refractivity contribution in [2.75, 3.05) is 0 Å². The summed E-state index contributed by atoms with van der Waals surface area (Å²) in [5.74, 6) is -0.00525. The fourth-order valence-electron chi connectivity index (χ4n) is 3.75. The zero-order valence-corrected chi connectivity index (χ0v) is 8.69. The van der Waals surface area contributed by atoms with Gasteiger partial charge < -0.3 is 0 Å². The van der Waals surface area contributed by atoms with E-state index in [9.17, 15) is 13.2 Å². The van der Waals surface area contributed by atoms with Gasteiger partial charge in [0.2, 0.25) is 0 Å². The minimum absolute atomic E-state index is 0.0903. The van der Waals surface area contributed by atoms with Crippen molar-refractivity contribution in [2.24, 2.45) is 23.2 Å². The predicted octanol–water partition coefficient (Wildman–Crippen LogP) is 4.01. The molecule has 0 aromatic heterocycles. The van der Waals surface area contributed by atoms with Crippen molar-refractivity contribution in [3.8, 4) is 0 Å². The lowest BCUT2D eigenvalue weighted by Crippen LogP contribution is -2.46. The van der Waals surface area contributed by atoms with Crippen LogP contribution in [0.3, 0.4) is 0 Å². The maximum atomic E-state index is 13.1. The van der Waals surface area contributed by atoms with Crippen LogP contribution in [0.4, 0.5) is 13.2 Å². The van der Waals surface area contributed by atoms with E-state index < -0.39 is 11.6 Å². The van der Waals surface area contributed by atoms with Crippen molar-refractivity contribution in [1.82, 2.24) is 0 Å². The SMILES string of the molecule is CC(C)C1(C(F)(F)F)CC2CCC1C2. The molecule has 2 rings (SSSR count). The maximum absolute atomic E-state index is 13.1. The normalized spacial score (nSPS) is 42.4. The first-order valence-corrected chi connectivity index (χ1v) is 5.44. The third kappa shape index (κ3) is 1.13. The van der Waals surface area contributed by atoms with Gasteiger partial charge in [-0.05, 0) is 37.0 Å². The lowest BCUT2D eigenvalue weighted by atomic mass is 9.65. The molecule has 2 saturated carbocycles. The standard InChI is InChI=1S/C11H17F3/c1-7(2)10(11(12,13)14)6-8-3-4-9(10)5-8/h7-9H,3-6H2,1-2H3. The molecule has 0 heterocycles. The van der Waals surface area contributed by atoms with Crippen molar-refractivity contribution in [2.45, 2.75) is 45.7 Å². The highest BCUT2D eigenvalue weighted by molar-refractivity contribution is 5.05. The summed E-state index contributed by atoms with van der Waals surface area (Å²) in [4.78, 5) is 0. The van der Waals surface area contributed by atoms with Gasteiger partial charge >= 0.3 is 6.18 Å². The first-order valence-electron chi connectivity index (χ1n) is 5.44. The second-order valence-electron chi connectivity index (χ2n) is 5.27. The van der Waals surface area contributed by atoms with Crippen LogP contribution in [0.1, 0.15) is 39.5 Å². The van der Waals surface area contributed by atoms with Gasteiger partial charge in [-0.3, -0.25) is 0 Å². The van der Waals surface area contributed by atoms with Crippen molar-refractivity contribution in [3.63, 3.8) is 0 Å². The Morgan fingerprint density at radius 2 is 1.86 bits per heavy atom. The number of hydrogen-bond donors (Lipinski definition) is 0. The zero-order chi connectivity index (χ0) is 10.6. The minimum Gasteiger partial charge on any atom is -0.170 e. The fourth-order valence-corrected chi connectivity index (χ4v) is 3.75. The van der Waals surface area contributed by atoms with Crippen LogP contribution >= 0.6 is 0 Å². The predicted molar refractivity (Wildman–Crippen MR) is 48.8 cm³/mol. The van der Waals surface area contributed by atoms with E-state index in [1.807, 2.05) is 0 Å². The molecular formula is C11H17F3. The van der Waals surface area contributed by atoms with Crippen LogP contribution in [-0.2, 0) is 0 Å². The maximum Gasteiger partial charge on any atom is 0.395 e. The molecule has 0 N–H and O–H groups in total. The van der Waals surface area contributed by atoms with Crippen molar-refractivity contribution < 1.29 is 13.2 Å². The average Bonchev–Trinajstić information content (AvgIpc) is 2.59. The molecule has 0 nitrogen and oxygen atoms in total. The Hall–Kier alpha value is -0.210. The topological polar surface area (TPSA) is 0 Å². The molecule has 2 bridgehead atoms. The quantitative estimate of drug-likeness (QED) is 0.608. The Kier molecular flexibility index (Phi) is 2.13. The molecule has 3 heteroatoms. The molecule has 0 radical (unpaired) electrons. The van der Waals surface area contributed by atoms with Gasteiger partial charge in [0.05, 0.1) is 5.41 Å². The number of rotatable bonds is 1. The second kappa shape index (κ2) is 2.89. The summed E-state index contributed by atoms with van der Waals surface area (Å²) >= 11 is 0. The highest BCUT2D eigenvalue weighted by Gasteiger charge is 2.66. The van der Waals surface area contributed by atoms with E-state index in [0.717, 1.165) is 19.3 Å². The van der Waals surface area contributed by atoms with Crippen LogP contribution in [0.15, 0.2) is 0 Å². The largest absolute Gasteiger partial charge is 0.395 e. The molecule has 3 unspecified atom stereocenters. The summed E-state index contributed by atoms with van der Waals surface area (Å²) in [5, 5.41) is 0. The van der Waals surface area contributed by atoms with E-state index in [2.05, 4.69) is 0 Å². The van der Waals surface area contributed by atoms with Gasteiger partial charge in [-0.1, -0.05) is 20.3 Å². The first kappa shape index (κ1) is 10.3.